The van der Waals surface area contributed by atoms with Gasteiger partial charge < -0.3 is 0 Å². The van der Waals surface area contributed by atoms with Crippen molar-refractivity contribution in [2.45, 2.75) is 42.7 Å². The van der Waals surface area contributed by atoms with Gasteiger partial charge in [0.05, 0.1) is 8.66 Å². The number of hydrogen-bond donors (Lipinski definition) is 0. The van der Waals surface area contributed by atoms with Gasteiger partial charge in [0.2, 0.25) is 0 Å². The van der Waals surface area contributed by atoms with E-state index in [1.807, 2.05) is 0 Å². The average molecular weight is 269 g/mol. The quantitative estimate of drug-likeness (QED) is 0.633. The Hall–Kier alpha value is 1.75. The summed E-state index contributed by atoms with van der Waals surface area (Å²) in [4.78, 5) is 0. The summed E-state index contributed by atoms with van der Waals surface area (Å²) >= 11 is 10.9. The van der Waals surface area contributed by atoms with Crippen LogP contribution in [0.4, 0.5) is 0 Å². The molecule has 0 radical (unpaired) electrons. The van der Waals surface area contributed by atoms with Crippen LogP contribution in [0.1, 0.15) is 27.2 Å². The molecule has 4 aliphatic rings. The Labute approximate surface area is 101 Å². The molecule has 0 spiro atoms. The fraction of sp³-hybridized carbons (Fsp3) is 1.00. The second-order valence-corrected chi connectivity index (χ2v) is 15.1. The molecular formula is C8H12S5. The van der Waals surface area contributed by atoms with Gasteiger partial charge in [0, 0.05) is 0 Å². The van der Waals surface area contributed by atoms with Gasteiger partial charge in [0.1, 0.15) is 6.82 Å². The van der Waals surface area contributed by atoms with Crippen LogP contribution < -0.4 is 0 Å². The second-order valence-electron chi connectivity index (χ2n) is 4.03. The van der Waals surface area contributed by atoms with Crippen LogP contribution in [-0.4, -0.2) is 15.5 Å². The lowest BCUT2D eigenvalue weighted by molar-refractivity contribution is 0.796. The molecule has 4 rings (SSSR count). The summed E-state index contributed by atoms with van der Waals surface area (Å²) in [5, 5.41) is 0. The Bertz CT molecular complexity index is 214. The molecule has 0 aliphatic carbocycles. The normalized spacial score (nSPS) is 64.4. The van der Waals surface area contributed by atoms with Crippen LogP contribution in [0.15, 0.2) is 0 Å². The maximum atomic E-state index is 2.44. The van der Waals surface area contributed by atoms with Crippen molar-refractivity contribution in [1.82, 2.24) is 0 Å². The van der Waals surface area contributed by atoms with Gasteiger partial charge in [0.15, 0.2) is 0 Å². The minimum Gasteiger partial charge on any atom is -0.119 e. The Morgan fingerprint density at radius 1 is 0.923 bits per heavy atom. The van der Waals surface area contributed by atoms with Crippen molar-refractivity contribution in [3.8, 4) is 0 Å². The van der Waals surface area contributed by atoms with Crippen molar-refractivity contribution in [3.05, 3.63) is 0 Å². The third-order valence-corrected chi connectivity index (χ3v) is 11.0. The van der Waals surface area contributed by atoms with Gasteiger partial charge in [-0.2, -0.15) is 0 Å². The molecule has 0 N–H and O–H groups in total. The smallest absolute Gasteiger partial charge is 0.108 e. The van der Waals surface area contributed by atoms with Gasteiger partial charge in [-0.15, -0.1) is 58.8 Å². The molecule has 74 valence electrons. The maximum absolute atomic E-state index is 2.44. The van der Waals surface area contributed by atoms with Crippen molar-refractivity contribution in [1.29, 1.82) is 0 Å². The van der Waals surface area contributed by atoms with E-state index in [0.717, 1.165) is 4.58 Å². The lowest BCUT2D eigenvalue weighted by Gasteiger charge is -2.61. The van der Waals surface area contributed by atoms with E-state index in [1.54, 1.807) is 0 Å². The Morgan fingerprint density at radius 2 is 1.46 bits per heavy atom. The van der Waals surface area contributed by atoms with Crippen LogP contribution in [0.3, 0.4) is 0 Å². The molecule has 0 amide bonds. The molecule has 4 saturated heterocycles. The standard InChI is InChI=1S/C8H12S5/c1-6-4-5-9-7(2,11-6)13-8(3,10-5)12-6/h5H,4H2,1-3H3. The van der Waals surface area contributed by atoms with E-state index in [4.69, 9.17) is 0 Å². The van der Waals surface area contributed by atoms with Gasteiger partial charge >= 0.3 is 0 Å². The molecule has 4 bridgehead atoms. The zero-order valence-electron chi connectivity index (χ0n) is 7.83. The highest BCUT2D eigenvalue weighted by Crippen LogP contribution is 2.81. The van der Waals surface area contributed by atoms with Crippen molar-refractivity contribution in [2.24, 2.45) is 0 Å². The summed E-state index contributed by atoms with van der Waals surface area (Å²) in [6.07, 6.45) is 1.38. The van der Waals surface area contributed by atoms with E-state index in [-0.39, 0.29) is 0 Å². The van der Waals surface area contributed by atoms with E-state index < -0.39 is 0 Å². The van der Waals surface area contributed by atoms with E-state index in [1.165, 1.54) is 6.42 Å². The number of thioether (sulfide) groups is 5. The van der Waals surface area contributed by atoms with Crippen LogP contribution in [0, 0.1) is 0 Å². The predicted octanol–water partition coefficient (Wildman–Crippen LogP) is 4.47. The predicted molar refractivity (Wildman–Crippen MR) is 71.6 cm³/mol. The highest BCUT2D eigenvalue weighted by Gasteiger charge is 2.61. The van der Waals surface area contributed by atoms with Gasteiger partial charge in [-0.25, -0.2) is 0 Å². The largest absolute Gasteiger partial charge is 0.119 e. The van der Waals surface area contributed by atoms with Crippen LogP contribution in [0.5, 0.6) is 0 Å². The van der Waals surface area contributed by atoms with Gasteiger partial charge in [-0.1, -0.05) is 0 Å². The summed E-state index contributed by atoms with van der Waals surface area (Å²) in [6, 6.07) is 0. The molecule has 2 atom stereocenters. The SMILES string of the molecule is CC12CC3SC(C)(S1)SC(C)(S3)S2. The first-order valence-corrected chi connectivity index (χ1v) is 8.57. The molecule has 0 aromatic rings. The minimum absolute atomic E-state index is 0.433. The lowest BCUT2D eigenvalue weighted by Crippen LogP contribution is -2.48. The summed E-state index contributed by atoms with van der Waals surface area (Å²) in [6.45, 7) is 7.26. The summed E-state index contributed by atoms with van der Waals surface area (Å²) in [5.41, 5.74) is 0. The summed E-state index contributed by atoms with van der Waals surface area (Å²) in [5.74, 6) is 0. The topological polar surface area (TPSA) is 0 Å². The fourth-order valence-electron chi connectivity index (χ4n) is 2.25. The Kier molecular flexibility index (Phi) is 2.07. The average Bonchev–Trinajstić information content (AvgIpc) is 1.71. The zero-order chi connectivity index (χ0) is 9.32. The molecule has 0 aromatic heterocycles. The van der Waals surface area contributed by atoms with E-state index in [0.29, 0.717) is 10.9 Å². The number of rotatable bonds is 0. The highest BCUT2D eigenvalue weighted by molar-refractivity contribution is 8.54. The number of hydrogen-bond acceptors (Lipinski definition) is 5. The maximum Gasteiger partial charge on any atom is 0.108 e. The first-order chi connectivity index (χ1) is 5.91. The fourth-order valence-corrected chi connectivity index (χ4v) is 18.4. The minimum atomic E-state index is 0.433. The zero-order valence-corrected chi connectivity index (χ0v) is 11.9. The molecule has 4 fully saturated rings. The third-order valence-electron chi connectivity index (χ3n) is 2.40. The monoisotopic (exact) mass is 268 g/mol. The van der Waals surface area contributed by atoms with Crippen molar-refractivity contribution in [2.75, 3.05) is 0 Å². The van der Waals surface area contributed by atoms with Gasteiger partial charge in [0.25, 0.3) is 0 Å². The molecular weight excluding hydrogens is 256 g/mol. The van der Waals surface area contributed by atoms with E-state index >= 15 is 0 Å². The molecule has 0 aromatic carbocycles. The van der Waals surface area contributed by atoms with Gasteiger partial charge in [-0.05, 0) is 27.2 Å². The van der Waals surface area contributed by atoms with Crippen molar-refractivity contribution >= 4 is 58.8 Å². The first kappa shape index (κ1) is 9.94. The molecule has 4 aliphatic heterocycles. The van der Waals surface area contributed by atoms with Crippen LogP contribution in [-0.2, 0) is 0 Å². The van der Waals surface area contributed by atoms with E-state index in [2.05, 4.69) is 79.6 Å². The molecule has 0 saturated carbocycles. The first-order valence-electron chi connectivity index (χ1n) is 4.37. The highest BCUT2D eigenvalue weighted by atomic mass is 32.3. The van der Waals surface area contributed by atoms with Crippen LogP contribution in [0.25, 0.3) is 0 Å². The van der Waals surface area contributed by atoms with Crippen LogP contribution >= 0.6 is 58.8 Å². The molecule has 2 unspecified atom stereocenters. The van der Waals surface area contributed by atoms with Crippen molar-refractivity contribution < 1.29 is 0 Å². The molecule has 4 heterocycles. The third kappa shape index (κ3) is 1.57. The molecule has 5 heteroatoms. The second kappa shape index (κ2) is 2.70. The van der Waals surface area contributed by atoms with Gasteiger partial charge in [-0.3, -0.25) is 0 Å². The molecule has 0 nitrogen and oxygen atoms in total. The summed E-state index contributed by atoms with van der Waals surface area (Å²) < 4.78 is 2.21. The summed E-state index contributed by atoms with van der Waals surface area (Å²) in [7, 11) is 0. The van der Waals surface area contributed by atoms with E-state index in [9.17, 15) is 0 Å². The lowest BCUT2D eigenvalue weighted by atomic mass is 10.3. The van der Waals surface area contributed by atoms with Crippen LogP contribution in [0.2, 0.25) is 0 Å². The van der Waals surface area contributed by atoms with Crippen molar-refractivity contribution in [3.63, 3.8) is 0 Å². The Morgan fingerprint density at radius 3 is 1.85 bits per heavy atom. The Balaban J connectivity index is 2.03. The molecule has 13 heavy (non-hydrogen) atoms.